The largest absolute Gasteiger partial charge is 0.499 e. The van der Waals surface area contributed by atoms with E-state index in [1.54, 1.807) is 25.1 Å². The Kier molecular flexibility index (Phi) is 3.98. The van der Waals surface area contributed by atoms with Crippen LogP contribution in [0.2, 0.25) is 10.0 Å². The van der Waals surface area contributed by atoms with Gasteiger partial charge in [-0.3, -0.25) is 0 Å². The van der Waals surface area contributed by atoms with Gasteiger partial charge in [0.25, 0.3) is 0 Å². The van der Waals surface area contributed by atoms with Gasteiger partial charge in [-0.05, 0) is 37.3 Å². The lowest BCUT2D eigenvalue weighted by molar-refractivity contribution is 0.265. The van der Waals surface area contributed by atoms with Gasteiger partial charge in [-0.25, -0.2) is 0 Å². The van der Waals surface area contributed by atoms with Gasteiger partial charge in [0.05, 0.1) is 0 Å². The van der Waals surface area contributed by atoms with Gasteiger partial charge in [0.2, 0.25) is 0 Å². The maximum atomic E-state index is 8.96. The smallest absolute Gasteiger partial charge is 0.198 e. The molecular formula is C9H8Cl2O2S. The number of rotatable bonds is 3. The van der Waals surface area contributed by atoms with Crippen molar-refractivity contribution >= 4 is 40.5 Å². The Morgan fingerprint density at radius 2 is 1.86 bits per heavy atom. The van der Waals surface area contributed by atoms with Crippen LogP contribution in [0.4, 0.5) is 0 Å². The van der Waals surface area contributed by atoms with Gasteiger partial charge >= 0.3 is 0 Å². The van der Waals surface area contributed by atoms with E-state index >= 15 is 0 Å². The van der Waals surface area contributed by atoms with Gasteiger partial charge in [0, 0.05) is 10.0 Å². The van der Waals surface area contributed by atoms with Crippen LogP contribution in [-0.4, -0.2) is 16.3 Å². The summed E-state index contributed by atoms with van der Waals surface area (Å²) in [7, 11) is 0. The number of aliphatic hydroxyl groups is 1. The first-order chi connectivity index (χ1) is 6.49. The Hall–Kier alpha value is -0.510. The third kappa shape index (κ3) is 3.33. The number of ether oxygens (including phenoxy) is 1. The van der Waals surface area contributed by atoms with Crippen molar-refractivity contribution in [1.29, 1.82) is 0 Å². The monoisotopic (exact) mass is 250 g/mol. The molecular weight excluding hydrogens is 243 g/mol. The van der Waals surface area contributed by atoms with Gasteiger partial charge in [0.15, 0.2) is 11.2 Å². The van der Waals surface area contributed by atoms with E-state index in [0.717, 1.165) is 0 Å². The normalized spacial score (nSPS) is 12.2. The topological polar surface area (TPSA) is 29.5 Å². The van der Waals surface area contributed by atoms with Gasteiger partial charge in [0.1, 0.15) is 5.75 Å². The first kappa shape index (κ1) is 11.6. The quantitative estimate of drug-likeness (QED) is 0.831. The molecule has 0 fully saturated rings. The lowest BCUT2D eigenvalue weighted by atomic mass is 10.3. The van der Waals surface area contributed by atoms with Crippen molar-refractivity contribution < 1.29 is 9.84 Å². The van der Waals surface area contributed by atoms with Crippen LogP contribution < -0.4 is 4.74 Å². The van der Waals surface area contributed by atoms with E-state index < -0.39 is 6.10 Å². The Morgan fingerprint density at radius 1 is 1.36 bits per heavy atom. The predicted molar refractivity (Wildman–Crippen MR) is 61.8 cm³/mol. The van der Waals surface area contributed by atoms with Gasteiger partial charge in [-0.15, -0.1) is 0 Å². The second-order valence-corrected chi connectivity index (χ2v) is 3.99. The highest BCUT2D eigenvalue weighted by Crippen LogP contribution is 2.24. The maximum Gasteiger partial charge on any atom is 0.198 e. The van der Waals surface area contributed by atoms with E-state index in [1.165, 1.54) is 0 Å². The lowest BCUT2D eigenvalue weighted by Crippen LogP contribution is -2.21. The van der Waals surface area contributed by atoms with Crippen molar-refractivity contribution in [3.05, 3.63) is 28.2 Å². The number of thiocarbonyl (C=S) groups is 1. The molecule has 1 rings (SSSR count). The summed E-state index contributed by atoms with van der Waals surface area (Å²) in [4.78, 5) is 0. The van der Waals surface area contributed by atoms with Crippen LogP contribution in [0, 0.1) is 0 Å². The fourth-order valence-electron chi connectivity index (χ4n) is 0.851. The van der Waals surface area contributed by atoms with E-state index in [4.69, 9.17) is 33.0 Å². The van der Waals surface area contributed by atoms with E-state index in [0.29, 0.717) is 15.8 Å². The molecule has 1 aromatic rings. The summed E-state index contributed by atoms with van der Waals surface area (Å²) >= 11 is 16.1. The van der Waals surface area contributed by atoms with Gasteiger partial charge in [-0.1, -0.05) is 23.2 Å². The van der Waals surface area contributed by atoms with E-state index in [1.807, 2.05) is 0 Å². The first-order valence-electron chi connectivity index (χ1n) is 3.84. The number of benzene rings is 1. The molecule has 1 atom stereocenters. The first-order valence-corrected chi connectivity index (χ1v) is 5.01. The summed E-state index contributed by atoms with van der Waals surface area (Å²) in [5.74, 6) is 0.478. The van der Waals surface area contributed by atoms with Crippen molar-refractivity contribution in [1.82, 2.24) is 0 Å². The van der Waals surface area contributed by atoms with Crippen molar-refractivity contribution in [2.24, 2.45) is 0 Å². The van der Waals surface area contributed by atoms with Crippen LogP contribution in [0.1, 0.15) is 6.92 Å². The van der Waals surface area contributed by atoms with Crippen molar-refractivity contribution in [2.75, 3.05) is 0 Å². The van der Waals surface area contributed by atoms with Gasteiger partial charge in [-0.2, -0.15) is 0 Å². The maximum absolute atomic E-state index is 8.96. The fraction of sp³-hybridized carbons (Fsp3) is 0.222. The molecule has 0 bridgehead atoms. The summed E-state index contributed by atoms with van der Waals surface area (Å²) in [6.45, 7) is 1.64. The molecule has 2 nitrogen and oxygen atoms in total. The minimum Gasteiger partial charge on any atom is -0.499 e. The van der Waals surface area contributed by atoms with E-state index in [2.05, 4.69) is 12.2 Å². The molecule has 0 saturated carbocycles. The third-order valence-corrected chi connectivity index (χ3v) is 2.27. The molecule has 14 heavy (non-hydrogen) atoms. The summed E-state index contributed by atoms with van der Waals surface area (Å²) in [6.07, 6.45) is -0.556. The highest BCUT2D eigenvalue weighted by atomic mass is 35.5. The summed E-state index contributed by atoms with van der Waals surface area (Å²) in [5, 5.41) is 9.71. The highest BCUT2D eigenvalue weighted by Gasteiger charge is 2.09. The molecule has 5 heteroatoms. The van der Waals surface area contributed by atoms with Crippen molar-refractivity contribution in [3.8, 4) is 5.75 Å². The zero-order valence-corrected chi connectivity index (χ0v) is 9.66. The van der Waals surface area contributed by atoms with E-state index in [9.17, 15) is 0 Å². The zero-order chi connectivity index (χ0) is 10.7. The van der Waals surface area contributed by atoms with Gasteiger partial charge < -0.3 is 9.84 Å². The highest BCUT2D eigenvalue weighted by molar-refractivity contribution is 7.80. The number of halogens is 2. The summed E-state index contributed by atoms with van der Waals surface area (Å²) < 4.78 is 5.28. The molecule has 76 valence electrons. The fourth-order valence-corrected chi connectivity index (χ4v) is 1.41. The number of hydrogen-bond donors (Lipinski definition) is 1. The molecule has 0 heterocycles. The zero-order valence-electron chi connectivity index (χ0n) is 7.33. The summed E-state index contributed by atoms with van der Waals surface area (Å²) in [6, 6.07) is 4.79. The minimum atomic E-state index is -0.556. The Morgan fingerprint density at radius 3 is 2.29 bits per heavy atom. The average molecular weight is 251 g/mol. The molecule has 0 radical (unpaired) electrons. The minimum absolute atomic E-state index is 0.207. The molecule has 1 N–H and O–H groups in total. The number of aliphatic hydroxyl groups excluding tert-OH is 1. The molecule has 0 saturated heterocycles. The van der Waals surface area contributed by atoms with Crippen LogP contribution >= 0.6 is 35.4 Å². The molecule has 1 unspecified atom stereocenters. The van der Waals surface area contributed by atoms with Crippen molar-refractivity contribution in [2.45, 2.75) is 13.0 Å². The number of hydrogen-bond acceptors (Lipinski definition) is 2. The van der Waals surface area contributed by atoms with E-state index in [-0.39, 0.29) is 5.05 Å². The molecule has 0 aliphatic heterocycles. The average Bonchev–Trinajstić information content (AvgIpc) is 2.01. The Balaban J connectivity index is 2.81. The second kappa shape index (κ2) is 4.82. The predicted octanol–water partition coefficient (Wildman–Crippen LogP) is 3.65. The van der Waals surface area contributed by atoms with Crippen LogP contribution in [0.25, 0.3) is 0 Å². The third-order valence-electron chi connectivity index (χ3n) is 1.50. The Bertz CT molecular complexity index is 334. The molecule has 0 amide bonds. The molecule has 0 aliphatic rings. The molecule has 0 aromatic heterocycles. The summed E-state index contributed by atoms with van der Waals surface area (Å²) in [5.41, 5.74) is 0. The Labute approximate surface area is 97.4 Å². The standard InChI is InChI=1S/C9H8Cl2O2S/c1-5(9(12)14)13-8-3-6(10)2-7(11)4-8/h2-5H,1H3,(H,12,14). The molecule has 0 aliphatic carbocycles. The van der Waals surface area contributed by atoms with Crippen LogP contribution in [0.15, 0.2) is 18.2 Å². The second-order valence-electron chi connectivity index (χ2n) is 2.70. The molecule has 1 aromatic carbocycles. The van der Waals surface area contributed by atoms with Crippen molar-refractivity contribution in [3.63, 3.8) is 0 Å². The van der Waals surface area contributed by atoms with Crippen LogP contribution in [0.5, 0.6) is 5.75 Å². The lowest BCUT2D eigenvalue weighted by Gasteiger charge is -2.12. The SMILES string of the molecule is CC(Oc1cc(Cl)cc(Cl)c1)C(O)=S. The van der Waals surface area contributed by atoms with Crippen LogP contribution in [0.3, 0.4) is 0 Å². The molecule has 0 spiro atoms. The van der Waals surface area contributed by atoms with Crippen LogP contribution in [-0.2, 0) is 0 Å².